The smallest absolute Gasteiger partial charge is 0.292 e. The van der Waals surface area contributed by atoms with Gasteiger partial charge in [0, 0.05) is 19.2 Å². The van der Waals surface area contributed by atoms with Crippen molar-refractivity contribution >= 4 is 17.3 Å². The Morgan fingerprint density at radius 1 is 1.04 bits per heavy atom. The molecule has 138 valence electrons. The summed E-state index contributed by atoms with van der Waals surface area (Å²) in [6, 6.07) is 13.5. The Balaban J connectivity index is 1.74. The lowest BCUT2D eigenvalue weighted by Crippen LogP contribution is -2.32. The first-order valence-electron chi connectivity index (χ1n) is 8.20. The zero-order valence-electron chi connectivity index (χ0n) is 14.4. The molecule has 0 saturated carbocycles. The topological polar surface area (TPSA) is 103 Å². The van der Waals surface area contributed by atoms with Gasteiger partial charge in [-0.05, 0) is 25.1 Å². The number of hydrogen-bond donors (Lipinski definition) is 2. The summed E-state index contributed by atoms with van der Waals surface area (Å²) < 4.78 is 10.9. The molecule has 0 unspecified atom stereocenters. The van der Waals surface area contributed by atoms with Crippen molar-refractivity contribution in [1.82, 2.24) is 5.32 Å². The minimum Gasteiger partial charge on any atom is -0.490 e. The summed E-state index contributed by atoms with van der Waals surface area (Å²) in [6.45, 7) is 2.89. The molecule has 0 heterocycles. The summed E-state index contributed by atoms with van der Waals surface area (Å²) in [4.78, 5) is 22.3. The van der Waals surface area contributed by atoms with Gasteiger partial charge in [0.05, 0.1) is 11.5 Å². The van der Waals surface area contributed by atoms with Crippen LogP contribution in [0.1, 0.15) is 6.92 Å². The lowest BCUT2D eigenvalue weighted by molar-refractivity contribution is -0.384. The molecule has 0 bridgehead atoms. The van der Waals surface area contributed by atoms with Crippen LogP contribution in [0.25, 0.3) is 0 Å². The zero-order valence-corrected chi connectivity index (χ0v) is 14.4. The van der Waals surface area contributed by atoms with Crippen LogP contribution in [0.2, 0.25) is 0 Å². The van der Waals surface area contributed by atoms with Crippen LogP contribution in [-0.2, 0) is 4.79 Å². The number of nitrogens with one attached hydrogen (secondary N) is 2. The van der Waals surface area contributed by atoms with Crippen LogP contribution in [0.4, 0.5) is 11.4 Å². The Hall–Kier alpha value is -3.29. The van der Waals surface area contributed by atoms with E-state index in [1.165, 1.54) is 6.07 Å². The molecule has 8 heteroatoms. The van der Waals surface area contributed by atoms with Crippen molar-refractivity contribution in [2.45, 2.75) is 6.92 Å². The minimum absolute atomic E-state index is 0.00492. The van der Waals surface area contributed by atoms with Crippen molar-refractivity contribution in [3.8, 4) is 11.5 Å². The first kappa shape index (κ1) is 19.0. The highest BCUT2D eigenvalue weighted by Crippen LogP contribution is 2.26. The number of carbonyl (C=O) groups is 1. The predicted molar refractivity (Wildman–Crippen MR) is 97.7 cm³/mol. The van der Waals surface area contributed by atoms with Crippen LogP contribution in [0.5, 0.6) is 11.5 Å². The van der Waals surface area contributed by atoms with E-state index in [1.54, 1.807) is 36.4 Å². The summed E-state index contributed by atoms with van der Waals surface area (Å²) in [5.74, 6) is 0.795. The normalized spacial score (nSPS) is 10.0. The fourth-order valence-corrected chi connectivity index (χ4v) is 2.22. The van der Waals surface area contributed by atoms with Crippen LogP contribution < -0.4 is 20.1 Å². The van der Waals surface area contributed by atoms with E-state index < -0.39 is 4.92 Å². The highest BCUT2D eigenvalue weighted by molar-refractivity contribution is 5.77. The Kier molecular flexibility index (Phi) is 7.23. The molecule has 2 N–H and O–H groups in total. The first-order valence-corrected chi connectivity index (χ1v) is 8.20. The molecule has 8 nitrogen and oxygen atoms in total. The van der Waals surface area contributed by atoms with E-state index in [9.17, 15) is 14.9 Å². The molecule has 0 radical (unpaired) electrons. The predicted octanol–water partition coefficient (Wildman–Crippen LogP) is 2.60. The van der Waals surface area contributed by atoms with E-state index in [-0.39, 0.29) is 18.2 Å². The van der Waals surface area contributed by atoms with Gasteiger partial charge in [0.1, 0.15) is 5.69 Å². The summed E-state index contributed by atoms with van der Waals surface area (Å²) in [5.41, 5.74) is 0.406. The van der Waals surface area contributed by atoms with Gasteiger partial charge in [-0.1, -0.05) is 24.3 Å². The molecule has 2 aromatic rings. The van der Waals surface area contributed by atoms with Crippen LogP contribution >= 0.6 is 0 Å². The van der Waals surface area contributed by atoms with Crippen molar-refractivity contribution < 1.29 is 19.2 Å². The quantitative estimate of drug-likeness (QED) is 0.384. The summed E-state index contributed by atoms with van der Waals surface area (Å²) in [7, 11) is 0. The molecule has 0 aliphatic heterocycles. The number of benzene rings is 2. The monoisotopic (exact) mass is 359 g/mol. The van der Waals surface area contributed by atoms with Gasteiger partial charge in [-0.15, -0.1) is 0 Å². The average Bonchev–Trinajstić information content (AvgIpc) is 2.65. The fourth-order valence-electron chi connectivity index (χ4n) is 2.22. The molecule has 2 rings (SSSR count). The Morgan fingerprint density at radius 2 is 1.69 bits per heavy atom. The number of amides is 1. The number of hydrogen-bond acceptors (Lipinski definition) is 6. The molecule has 26 heavy (non-hydrogen) atoms. The van der Waals surface area contributed by atoms with E-state index >= 15 is 0 Å². The molecular weight excluding hydrogens is 338 g/mol. The third kappa shape index (κ3) is 5.66. The number of nitrogens with zero attached hydrogens (tertiary/aromatic N) is 1. The molecular formula is C18H21N3O5. The van der Waals surface area contributed by atoms with Crippen molar-refractivity contribution in [3.63, 3.8) is 0 Å². The maximum atomic E-state index is 11.9. The molecule has 0 spiro atoms. The van der Waals surface area contributed by atoms with E-state index in [1.807, 2.05) is 13.0 Å². The second kappa shape index (κ2) is 9.87. The van der Waals surface area contributed by atoms with Gasteiger partial charge < -0.3 is 20.1 Å². The SMILES string of the molecule is CCOc1ccccc1OCC(=O)NCCNc1ccccc1[N+](=O)[O-]. The Labute approximate surface area is 151 Å². The van der Waals surface area contributed by atoms with Gasteiger partial charge in [0.15, 0.2) is 18.1 Å². The summed E-state index contributed by atoms with van der Waals surface area (Å²) in [5, 5.41) is 16.5. The van der Waals surface area contributed by atoms with E-state index in [0.29, 0.717) is 36.9 Å². The number of para-hydroxylation sites is 4. The largest absolute Gasteiger partial charge is 0.490 e. The highest BCUT2D eigenvalue weighted by atomic mass is 16.6. The molecule has 0 saturated heterocycles. The van der Waals surface area contributed by atoms with Gasteiger partial charge in [-0.3, -0.25) is 14.9 Å². The van der Waals surface area contributed by atoms with Gasteiger partial charge >= 0.3 is 0 Å². The number of nitro groups is 1. The Morgan fingerprint density at radius 3 is 2.38 bits per heavy atom. The zero-order chi connectivity index (χ0) is 18.8. The van der Waals surface area contributed by atoms with E-state index in [4.69, 9.17) is 9.47 Å². The van der Waals surface area contributed by atoms with Crippen LogP contribution in [-0.4, -0.2) is 37.1 Å². The average molecular weight is 359 g/mol. The van der Waals surface area contributed by atoms with Crippen molar-refractivity contribution in [2.24, 2.45) is 0 Å². The Bertz CT molecular complexity index is 751. The first-order chi connectivity index (χ1) is 12.6. The standard InChI is InChI=1S/C18H21N3O5/c1-2-25-16-9-5-6-10-17(16)26-13-18(22)20-12-11-19-14-7-3-4-8-15(14)21(23)24/h3-10,19H,2,11-13H2,1H3,(H,20,22). The third-order valence-electron chi connectivity index (χ3n) is 3.37. The maximum Gasteiger partial charge on any atom is 0.292 e. The van der Waals surface area contributed by atoms with Crippen molar-refractivity contribution in [1.29, 1.82) is 0 Å². The minimum atomic E-state index is -0.454. The fraction of sp³-hybridized carbons (Fsp3) is 0.278. The number of anilines is 1. The lowest BCUT2D eigenvalue weighted by Gasteiger charge is -2.12. The molecule has 0 aliphatic rings. The van der Waals surface area contributed by atoms with Gasteiger partial charge in [0.2, 0.25) is 0 Å². The van der Waals surface area contributed by atoms with Gasteiger partial charge in [-0.25, -0.2) is 0 Å². The second-order valence-corrected chi connectivity index (χ2v) is 5.22. The number of nitro benzene ring substituents is 1. The summed E-state index contributed by atoms with van der Waals surface area (Å²) >= 11 is 0. The molecule has 2 aromatic carbocycles. The maximum absolute atomic E-state index is 11.9. The number of carbonyl (C=O) groups excluding carboxylic acids is 1. The highest BCUT2D eigenvalue weighted by Gasteiger charge is 2.11. The van der Waals surface area contributed by atoms with Crippen molar-refractivity contribution in [2.75, 3.05) is 31.6 Å². The van der Waals surface area contributed by atoms with Crippen LogP contribution in [0.3, 0.4) is 0 Å². The van der Waals surface area contributed by atoms with Gasteiger partial charge in [-0.2, -0.15) is 0 Å². The molecule has 0 aliphatic carbocycles. The molecule has 0 aromatic heterocycles. The van der Waals surface area contributed by atoms with E-state index in [0.717, 1.165) is 0 Å². The van der Waals surface area contributed by atoms with Crippen LogP contribution in [0.15, 0.2) is 48.5 Å². The van der Waals surface area contributed by atoms with Crippen LogP contribution in [0, 0.1) is 10.1 Å². The number of ether oxygens (including phenoxy) is 2. The van der Waals surface area contributed by atoms with E-state index in [2.05, 4.69) is 10.6 Å². The molecule has 1 amide bonds. The van der Waals surface area contributed by atoms with Crippen molar-refractivity contribution in [3.05, 3.63) is 58.6 Å². The summed E-state index contributed by atoms with van der Waals surface area (Å²) in [6.07, 6.45) is 0. The molecule has 0 fully saturated rings. The van der Waals surface area contributed by atoms with Gasteiger partial charge in [0.25, 0.3) is 11.6 Å². The molecule has 0 atom stereocenters. The number of rotatable bonds is 10. The second-order valence-electron chi connectivity index (χ2n) is 5.22. The third-order valence-corrected chi connectivity index (χ3v) is 3.37. The lowest BCUT2D eigenvalue weighted by atomic mass is 10.2.